The summed E-state index contributed by atoms with van der Waals surface area (Å²) in [7, 11) is 0. The van der Waals surface area contributed by atoms with E-state index in [-0.39, 0.29) is 11.8 Å². The van der Waals surface area contributed by atoms with Crippen molar-refractivity contribution in [2.24, 2.45) is 4.99 Å². The predicted molar refractivity (Wildman–Crippen MR) is 79.5 cm³/mol. The number of hydrogen-bond donors (Lipinski definition) is 0. The first-order valence-electron chi connectivity index (χ1n) is 7.32. The Hall–Kier alpha value is -2.49. The Morgan fingerprint density at radius 2 is 2.24 bits per heavy atom. The van der Waals surface area contributed by atoms with E-state index in [1.165, 1.54) is 11.1 Å². The zero-order valence-corrected chi connectivity index (χ0v) is 11.4. The zero-order valence-electron chi connectivity index (χ0n) is 11.4. The van der Waals surface area contributed by atoms with E-state index in [2.05, 4.69) is 22.2 Å². The molecular weight excluding hydrogens is 262 g/mol. The van der Waals surface area contributed by atoms with Gasteiger partial charge < -0.3 is 0 Å². The lowest BCUT2D eigenvalue weighted by atomic mass is 9.84. The van der Waals surface area contributed by atoms with Gasteiger partial charge in [0.2, 0.25) is 0 Å². The Morgan fingerprint density at radius 1 is 1.29 bits per heavy atom. The van der Waals surface area contributed by atoms with Crippen molar-refractivity contribution in [1.29, 1.82) is 0 Å². The third kappa shape index (κ3) is 1.37. The average Bonchev–Trinajstić information content (AvgIpc) is 3.00. The van der Waals surface area contributed by atoms with E-state index in [9.17, 15) is 4.79 Å². The number of allylic oxidation sites excluding steroid dienone is 2. The van der Waals surface area contributed by atoms with Crippen LogP contribution in [0.5, 0.6) is 0 Å². The van der Waals surface area contributed by atoms with Crippen molar-refractivity contribution in [3.63, 3.8) is 0 Å². The molecule has 0 radical (unpaired) electrons. The van der Waals surface area contributed by atoms with Gasteiger partial charge in [0.1, 0.15) is 5.69 Å². The highest BCUT2D eigenvalue weighted by molar-refractivity contribution is 6.16. The smallest absolute Gasteiger partial charge is 0.267 e. The fourth-order valence-corrected chi connectivity index (χ4v) is 3.80. The van der Waals surface area contributed by atoms with Crippen LogP contribution in [-0.2, 0) is 4.79 Å². The van der Waals surface area contributed by atoms with Crippen molar-refractivity contribution in [1.82, 2.24) is 9.61 Å². The third-order valence-electron chi connectivity index (χ3n) is 4.70. The summed E-state index contributed by atoms with van der Waals surface area (Å²) in [5.74, 6) is 0.172. The van der Waals surface area contributed by atoms with Crippen LogP contribution in [-0.4, -0.2) is 21.2 Å². The summed E-state index contributed by atoms with van der Waals surface area (Å²) in [4.78, 5) is 16.7. The van der Waals surface area contributed by atoms with Crippen LogP contribution in [0, 0.1) is 0 Å². The number of pyridine rings is 1. The summed E-state index contributed by atoms with van der Waals surface area (Å²) >= 11 is 0. The molecule has 3 heterocycles. The summed E-state index contributed by atoms with van der Waals surface area (Å²) in [5.41, 5.74) is 6.22. The number of carbonyl (C=O) groups excluding carboxylic acids is 1. The van der Waals surface area contributed by atoms with Crippen molar-refractivity contribution < 1.29 is 4.79 Å². The molecule has 1 unspecified atom stereocenters. The van der Waals surface area contributed by atoms with Crippen molar-refractivity contribution in [3.05, 3.63) is 59.0 Å². The van der Waals surface area contributed by atoms with Gasteiger partial charge in [-0.2, -0.15) is 5.10 Å². The first-order valence-corrected chi connectivity index (χ1v) is 7.32. The number of aliphatic imine (C=N–C) groups is 1. The highest BCUT2D eigenvalue weighted by Gasteiger charge is 2.39. The molecule has 0 N–H and O–H groups in total. The van der Waals surface area contributed by atoms with Gasteiger partial charge in [-0.25, -0.2) is 9.51 Å². The summed E-state index contributed by atoms with van der Waals surface area (Å²) in [5, 5.41) is 4.64. The van der Waals surface area contributed by atoms with Gasteiger partial charge >= 0.3 is 0 Å². The maximum Gasteiger partial charge on any atom is 0.277 e. The fraction of sp³-hybridized carbons (Fsp3) is 0.235. The van der Waals surface area contributed by atoms with E-state index in [0.717, 1.165) is 41.8 Å². The van der Waals surface area contributed by atoms with Crippen molar-refractivity contribution >= 4 is 17.1 Å². The van der Waals surface area contributed by atoms with Crippen LogP contribution in [0.4, 0.5) is 0 Å². The van der Waals surface area contributed by atoms with Gasteiger partial charge in [-0.1, -0.05) is 18.2 Å². The first kappa shape index (κ1) is 11.2. The Bertz CT molecular complexity index is 898. The molecule has 2 bridgehead atoms. The lowest BCUT2D eigenvalue weighted by molar-refractivity contribution is -0.114. The molecule has 0 aromatic carbocycles. The minimum Gasteiger partial charge on any atom is -0.267 e. The lowest BCUT2D eigenvalue weighted by Crippen LogP contribution is -2.09. The third-order valence-corrected chi connectivity index (χ3v) is 4.70. The quantitative estimate of drug-likeness (QED) is 0.742. The molecule has 0 spiro atoms. The SMILES string of the molecule is O=C1N=C2CC(C3=C1C=CCC3)c1c2nn2ccccc12. The Kier molecular flexibility index (Phi) is 2.02. The Labute approximate surface area is 121 Å². The van der Waals surface area contributed by atoms with E-state index in [1.807, 2.05) is 28.9 Å². The number of carbonyl (C=O) groups is 1. The molecular formula is C17H13N3O. The molecule has 2 aromatic heterocycles. The highest BCUT2D eigenvalue weighted by atomic mass is 16.1. The highest BCUT2D eigenvalue weighted by Crippen LogP contribution is 2.46. The second-order valence-corrected chi connectivity index (χ2v) is 5.79. The molecule has 1 atom stereocenters. The molecule has 0 saturated carbocycles. The largest absolute Gasteiger partial charge is 0.277 e. The molecule has 102 valence electrons. The standard InChI is InChI=1S/C17H13N3O/c21-17-11-6-2-1-5-10(11)12-9-13(18-17)16-15(12)14-7-3-4-8-20(14)19-16/h2-4,6-8,12H,1,5,9H2. The molecule has 5 rings (SSSR count). The number of amides is 1. The van der Waals surface area contributed by atoms with Crippen molar-refractivity contribution in [3.8, 4) is 0 Å². The van der Waals surface area contributed by atoms with E-state index in [4.69, 9.17) is 0 Å². The maximum absolute atomic E-state index is 12.3. The molecule has 0 saturated heterocycles. The van der Waals surface area contributed by atoms with Gasteiger partial charge in [0, 0.05) is 29.7 Å². The molecule has 4 heteroatoms. The summed E-state index contributed by atoms with van der Waals surface area (Å²) < 4.78 is 1.90. The molecule has 1 amide bonds. The summed E-state index contributed by atoms with van der Waals surface area (Å²) in [6.07, 6.45) is 8.77. The van der Waals surface area contributed by atoms with Gasteiger partial charge in [0.25, 0.3) is 5.91 Å². The van der Waals surface area contributed by atoms with Crippen LogP contribution in [0.3, 0.4) is 0 Å². The van der Waals surface area contributed by atoms with Crippen LogP contribution in [0.1, 0.15) is 36.4 Å². The molecule has 4 nitrogen and oxygen atoms in total. The zero-order chi connectivity index (χ0) is 14.0. The van der Waals surface area contributed by atoms with Crippen LogP contribution < -0.4 is 0 Å². The van der Waals surface area contributed by atoms with Gasteiger partial charge in [-0.15, -0.1) is 0 Å². The minimum absolute atomic E-state index is 0.0962. The topological polar surface area (TPSA) is 46.7 Å². The van der Waals surface area contributed by atoms with Crippen molar-refractivity contribution in [2.75, 3.05) is 0 Å². The monoisotopic (exact) mass is 275 g/mol. The number of fused-ring (bicyclic) bond motifs is 8. The second-order valence-electron chi connectivity index (χ2n) is 5.79. The van der Waals surface area contributed by atoms with Gasteiger partial charge in [-0.3, -0.25) is 4.79 Å². The number of aromatic nitrogens is 2. The van der Waals surface area contributed by atoms with Gasteiger partial charge in [0.15, 0.2) is 0 Å². The molecule has 2 aliphatic carbocycles. The van der Waals surface area contributed by atoms with Crippen molar-refractivity contribution in [2.45, 2.75) is 25.2 Å². The number of nitrogens with zero attached hydrogens (tertiary/aromatic N) is 3. The molecule has 0 fully saturated rings. The number of hydrogen-bond acceptors (Lipinski definition) is 2. The van der Waals surface area contributed by atoms with E-state index >= 15 is 0 Å². The molecule has 1 aliphatic heterocycles. The Morgan fingerprint density at radius 3 is 3.19 bits per heavy atom. The maximum atomic E-state index is 12.3. The minimum atomic E-state index is -0.0962. The number of rotatable bonds is 0. The van der Waals surface area contributed by atoms with Crippen LogP contribution in [0.25, 0.3) is 5.52 Å². The fourth-order valence-electron chi connectivity index (χ4n) is 3.80. The normalized spacial score (nSPS) is 23.1. The summed E-state index contributed by atoms with van der Waals surface area (Å²) in [6, 6.07) is 6.11. The van der Waals surface area contributed by atoms with Crippen LogP contribution >= 0.6 is 0 Å². The molecule has 21 heavy (non-hydrogen) atoms. The lowest BCUT2D eigenvalue weighted by Gasteiger charge is -2.19. The van der Waals surface area contributed by atoms with E-state index < -0.39 is 0 Å². The van der Waals surface area contributed by atoms with Crippen LogP contribution in [0.15, 0.2) is 52.7 Å². The summed E-state index contributed by atoms with van der Waals surface area (Å²) in [6.45, 7) is 0. The van der Waals surface area contributed by atoms with E-state index in [1.54, 1.807) is 0 Å². The second kappa shape index (κ2) is 3.79. The molecule has 3 aliphatic rings. The molecule has 2 aromatic rings. The van der Waals surface area contributed by atoms with Gasteiger partial charge in [-0.05, 0) is 30.5 Å². The van der Waals surface area contributed by atoms with E-state index in [0.29, 0.717) is 0 Å². The Balaban J connectivity index is 1.86. The first-order chi connectivity index (χ1) is 10.3. The van der Waals surface area contributed by atoms with Gasteiger partial charge in [0.05, 0.1) is 11.2 Å². The van der Waals surface area contributed by atoms with Crippen LogP contribution in [0.2, 0.25) is 0 Å². The average molecular weight is 275 g/mol. The predicted octanol–water partition coefficient (Wildman–Crippen LogP) is 2.80.